The molecule has 0 aliphatic carbocycles. The van der Waals surface area contributed by atoms with E-state index in [0.717, 1.165) is 12.8 Å². The van der Waals surface area contributed by atoms with Gasteiger partial charge in [-0.1, -0.05) is 32.6 Å². The molecule has 0 aromatic rings. The molecule has 0 aliphatic rings. The molecule has 1 amide bonds. The van der Waals surface area contributed by atoms with Crippen molar-refractivity contribution < 1.29 is 13.5 Å². The predicted octanol–water partition coefficient (Wildman–Crippen LogP) is 3.35. The first-order valence-electron chi connectivity index (χ1n) is 5.44. The van der Waals surface area contributed by atoms with Crippen LogP contribution in [0.25, 0.3) is 0 Å². The third kappa shape index (κ3) is 10.1. The minimum absolute atomic E-state index is 0.0135. The fourth-order valence-electron chi connectivity index (χ4n) is 1.19. The van der Waals surface area contributed by atoms with Crippen molar-refractivity contribution in [1.29, 1.82) is 0 Å². The van der Waals surface area contributed by atoms with Crippen molar-refractivity contribution in [3.05, 3.63) is 0 Å². The summed E-state index contributed by atoms with van der Waals surface area (Å²) in [5.41, 5.74) is 0. The van der Waals surface area contributed by atoms with Gasteiger partial charge in [-0.3, -0.25) is 4.79 Å². The summed E-state index contributed by atoms with van der Waals surface area (Å²) in [7, 11) is -0.659. The Morgan fingerprint density at radius 1 is 1.33 bits per heavy atom. The first kappa shape index (κ1) is 14.8. The van der Waals surface area contributed by atoms with Crippen molar-refractivity contribution in [1.82, 2.24) is 5.32 Å². The monoisotopic (exact) mass is 237 g/mol. The summed E-state index contributed by atoms with van der Waals surface area (Å²) in [5, 5.41) is 2.51. The average molecular weight is 237 g/mol. The zero-order chi connectivity index (χ0) is 11.5. The minimum atomic E-state index is -1.97. The van der Waals surface area contributed by atoms with Crippen LogP contribution in [0.4, 0.5) is 4.20 Å². The molecule has 0 saturated heterocycles. The molecule has 0 spiro atoms. The van der Waals surface area contributed by atoms with E-state index in [1.165, 1.54) is 26.4 Å². The highest BCUT2D eigenvalue weighted by atomic mass is 31.2. The van der Waals surface area contributed by atoms with E-state index in [0.29, 0.717) is 6.42 Å². The third-order valence-electron chi connectivity index (χ3n) is 2.11. The largest absolute Gasteiger partial charge is 0.347 e. The van der Waals surface area contributed by atoms with Crippen LogP contribution in [0.2, 0.25) is 0 Å². The van der Waals surface area contributed by atoms with Crippen molar-refractivity contribution in [3.63, 3.8) is 0 Å². The van der Waals surface area contributed by atoms with Crippen molar-refractivity contribution >= 4 is 14.4 Å². The van der Waals surface area contributed by atoms with Crippen LogP contribution < -0.4 is 5.32 Å². The third-order valence-corrected chi connectivity index (χ3v) is 2.91. The van der Waals surface area contributed by atoms with Crippen LogP contribution in [0.5, 0.6) is 0 Å². The quantitative estimate of drug-likeness (QED) is 0.493. The molecule has 3 nitrogen and oxygen atoms in total. The molecule has 0 heterocycles. The van der Waals surface area contributed by atoms with Crippen molar-refractivity contribution in [2.45, 2.75) is 45.4 Å². The first-order chi connectivity index (χ1) is 7.20. The second-order valence-corrected chi connectivity index (χ2v) is 4.74. The minimum Gasteiger partial charge on any atom is -0.347 e. The number of hydrogen-bond acceptors (Lipinski definition) is 2. The Labute approximate surface area is 92.7 Å². The summed E-state index contributed by atoms with van der Waals surface area (Å²) in [5.74, 6) is -0.0753. The molecule has 0 aromatic carbocycles. The number of rotatable bonds is 9. The van der Waals surface area contributed by atoms with E-state index in [1.54, 1.807) is 0 Å². The van der Waals surface area contributed by atoms with Crippen molar-refractivity contribution in [3.8, 4) is 0 Å². The molecule has 0 bridgehead atoms. The van der Waals surface area contributed by atoms with Crippen LogP contribution in [0.15, 0.2) is 0 Å². The molecule has 1 unspecified atom stereocenters. The van der Waals surface area contributed by atoms with Crippen LogP contribution in [0.1, 0.15) is 45.4 Å². The molecule has 15 heavy (non-hydrogen) atoms. The SMILES string of the molecule is CCCCCCCC(=O)NCP(F)OC. The van der Waals surface area contributed by atoms with E-state index in [9.17, 15) is 8.99 Å². The smallest absolute Gasteiger partial charge is 0.239 e. The number of amides is 1. The molecule has 1 N–H and O–H groups in total. The zero-order valence-corrected chi connectivity index (χ0v) is 10.5. The number of hydrogen-bond donors (Lipinski definition) is 1. The molecule has 0 fully saturated rings. The maximum atomic E-state index is 12.6. The summed E-state index contributed by atoms with van der Waals surface area (Å²) in [6.07, 6.45) is 6.08. The fraction of sp³-hybridized carbons (Fsp3) is 0.900. The van der Waals surface area contributed by atoms with Gasteiger partial charge in [-0.15, -0.1) is 0 Å². The van der Waals surface area contributed by atoms with E-state index in [1.807, 2.05) is 0 Å². The highest BCUT2D eigenvalue weighted by Crippen LogP contribution is 2.35. The Hall–Kier alpha value is -0.210. The number of unbranched alkanes of at least 4 members (excludes halogenated alkanes) is 4. The zero-order valence-electron chi connectivity index (χ0n) is 9.59. The molecule has 0 aliphatic heterocycles. The van der Waals surface area contributed by atoms with Gasteiger partial charge in [0.2, 0.25) is 14.4 Å². The van der Waals surface area contributed by atoms with Gasteiger partial charge in [0.15, 0.2) is 0 Å². The van der Waals surface area contributed by atoms with Crippen molar-refractivity contribution in [2.24, 2.45) is 0 Å². The Kier molecular flexibility index (Phi) is 10.2. The second-order valence-electron chi connectivity index (χ2n) is 3.42. The number of carbonyl (C=O) groups excluding carboxylic acids is 1. The van der Waals surface area contributed by atoms with Gasteiger partial charge in [0.25, 0.3) is 0 Å². The summed E-state index contributed by atoms with van der Waals surface area (Å²) >= 11 is 0. The van der Waals surface area contributed by atoms with Gasteiger partial charge >= 0.3 is 0 Å². The predicted molar refractivity (Wildman–Crippen MR) is 61.4 cm³/mol. The molecular weight excluding hydrogens is 216 g/mol. The standard InChI is InChI=1S/C10H21FNO2P/c1-3-4-5-6-7-8-10(13)12-9-15(11)14-2/h3-9H2,1-2H3,(H,12,13). The van der Waals surface area contributed by atoms with Crippen molar-refractivity contribution in [2.75, 3.05) is 13.4 Å². The lowest BCUT2D eigenvalue weighted by Crippen LogP contribution is -2.22. The molecule has 90 valence electrons. The van der Waals surface area contributed by atoms with Crippen LogP contribution in [0, 0.1) is 0 Å². The van der Waals surface area contributed by atoms with E-state index in [4.69, 9.17) is 0 Å². The van der Waals surface area contributed by atoms with E-state index < -0.39 is 8.46 Å². The average Bonchev–Trinajstić information content (AvgIpc) is 2.25. The molecule has 1 atom stereocenters. The van der Waals surface area contributed by atoms with Gasteiger partial charge < -0.3 is 9.84 Å². The van der Waals surface area contributed by atoms with E-state index in [-0.39, 0.29) is 12.2 Å². The molecule has 0 saturated carbocycles. The van der Waals surface area contributed by atoms with Gasteiger partial charge in [-0.05, 0) is 6.42 Å². The van der Waals surface area contributed by atoms with E-state index >= 15 is 0 Å². The first-order valence-corrected chi connectivity index (χ1v) is 6.78. The lowest BCUT2D eigenvalue weighted by Gasteiger charge is -2.06. The summed E-state index contributed by atoms with van der Waals surface area (Å²) in [4.78, 5) is 11.2. The van der Waals surface area contributed by atoms with Gasteiger partial charge in [0.05, 0.1) is 6.29 Å². The fourth-order valence-corrected chi connectivity index (χ4v) is 1.62. The lowest BCUT2D eigenvalue weighted by molar-refractivity contribution is -0.120. The van der Waals surface area contributed by atoms with E-state index in [2.05, 4.69) is 16.8 Å². The van der Waals surface area contributed by atoms with Crippen LogP contribution in [0.3, 0.4) is 0 Å². The maximum Gasteiger partial charge on any atom is 0.239 e. The second kappa shape index (κ2) is 10.3. The highest BCUT2D eigenvalue weighted by Gasteiger charge is 2.07. The summed E-state index contributed by atoms with van der Waals surface area (Å²) in [6.45, 7) is 2.15. The number of halogens is 1. The summed E-state index contributed by atoms with van der Waals surface area (Å²) < 4.78 is 17.1. The van der Waals surface area contributed by atoms with Gasteiger partial charge in [-0.2, -0.15) is 4.20 Å². The lowest BCUT2D eigenvalue weighted by atomic mass is 10.1. The maximum absolute atomic E-state index is 12.6. The topological polar surface area (TPSA) is 38.3 Å². The molecule has 0 rings (SSSR count). The van der Waals surface area contributed by atoms with Gasteiger partial charge in [-0.25, -0.2) is 0 Å². The Morgan fingerprint density at radius 2 is 2.00 bits per heavy atom. The number of carbonyl (C=O) groups is 1. The van der Waals surface area contributed by atoms with Crippen LogP contribution >= 0.6 is 8.46 Å². The molecule has 0 aromatic heterocycles. The van der Waals surface area contributed by atoms with Crippen LogP contribution in [-0.4, -0.2) is 19.3 Å². The molecule has 0 radical (unpaired) electrons. The normalized spacial score (nSPS) is 12.5. The molecule has 5 heteroatoms. The Balaban J connectivity index is 3.26. The van der Waals surface area contributed by atoms with Gasteiger partial charge in [0.1, 0.15) is 0 Å². The number of nitrogens with one attached hydrogen (secondary N) is 1. The summed E-state index contributed by atoms with van der Waals surface area (Å²) in [6, 6.07) is 0. The van der Waals surface area contributed by atoms with Crippen LogP contribution in [-0.2, 0) is 9.32 Å². The Morgan fingerprint density at radius 3 is 2.60 bits per heavy atom. The molecular formula is C10H21FNO2P. The van der Waals surface area contributed by atoms with Gasteiger partial charge in [0, 0.05) is 13.5 Å². The highest BCUT2D eigenvalue weighted by molar-refractivity contribution is 7.46. The Bertz CT molecular complexity index is 170.